The zero-order valence-electron chi connectivity index (χ0n) is 11.0. The molecule has 0 aromatic heterocycles. The van der Waals surface area contributed by atoms with Gasteiger partial charge in [0.2, 0.25) is 0 Å². The molecule has 0 N–H and O–H groups in total. The molecule has 0 saturated heterocycles. The lowest BCUT2D eigenvalue weighted by molar-refractivity contribution is -0.386. The highest BCUT2D eigenvalue weighted by Crippen LogP contribution is 2.35. The van der Waals surface area contributed by atoms with Crippen LogP contribution in [-0.2, 0) is 0 Å². The minimum Gasteiger partial charge on any atom is -0.497 e. The van der Waals surface area contributed by atoms with E-state index in [2.05, 4.69) is 0 Å². The first-order chi connectivity index (χ1) is 9.63. The third kappa shape index (κ3) is 3.21. The zero-order valence-corrected chi connectivity index (χ0v) is 11.8. The first-order valence-corrected chi connectivity index (χ1v) is 6.60. The summed E-state index contributed by atoms with van der Waals surface area (Å²) in [6, 6.07) is 12.4. The van der Waals surface area contributed by atoms with Crippen LogP contribution in [-0.4, -0.2) is 19.1 Å². The highest BCUT2D eigenvalue weighted by molar-refractivity contribution is 7.99. The molecule has 0 spiro atoms. The summed E-state index contributed by atoms with van der Waals surface area (Å²) in [5.41, 5.74) is -0.0361. The molecule has 0 aliphatic carbocycles. The summed E-state index contributed by atoms with van der Waals surface area (Å²) in [7, 11) is 3.02. The van der Waals surface area contributed by atoms with Gasteiger partial charge in [0.25, 0.3) is 0 Å². The fourth-order valence-electron chi connectivity index (χ4n) is 1.66. The van der Waals surface area contributed by atoms with E-state index in [0.717, 1.165) is 15.5 Å². The Morgan fingerprint density at radius 1 is 1.00 bits per heavy atom. The van der Waals surface area contributed by atoms with Crippen LogP contribution in [0.5, 0.6) is 11.5 Å². The van der Waals surface area contributed by atoms with Gasteiger partial charge in [0.05, 0.1) is 19.1 Å². The molecule has 0 aliphatic heterocycles. The van der Waals surface area contributed by atoms with Crippen molar-refractivity contribution >= 4 is 17.4 Å². The maximum atomic E-state index is 11.0. The fraction of sp³-hybridized carbons (Fsp3) is 0.143. The van der Waals surface area contributed by atoms with E-state index >= 15 is 0 Å². The smallest absolute Gasteiger partial charge is 0.312 e. The van der Waals surface area contributed by atoms with Gasteiger partial charge in [-0.2, -0.15) is 0 Å². The standard InChI is InChI=1S/C14H13NO4S/c1-18-10-3-5-11(6-4-10)20-12-7-8-14(19-2)13(9-12)15(16)17/h3-9H,1-2H3. The van der Waals surface area contributed by atoms with Crippen molar-refractivity contribution in [2.24, 2.45) is 0 Å². The second-order valence-corrected chi connectivity index (χ2v) is 5.02. The predicted molar refractivity (Wildman–Crippen MR) is 76.8 cm³/mol. The average molecular weight is 291 g/mol. The quantitative estimate of drug-likeness (QED) is 0.620. The van der Waals surface area contributed by atoms with Gasteiger partial charge in [0.1, 0.15) is 5.75 Å². The summed E-state index contributed by atoms with van der Waals surface area (Å²) >= 11 is 1.44. The van der Waals surface area contributed by atoms with Gasteiger partial charge >= 0.3 is 5.69 Å². The molecule has 5 nitrogen and oxygen atoms in total. The van der Waals surface area contributed by atoms with Gasteiger partial charge in [-0.25, -0.2) is 0 Å². The summed E-state index contributed by atoms with van der Waals surface area (Å²) in [5, 5.41) is 11.0. The number of benzene rings is 2. The molecule has 0 atom stereocenters. The first kappa shape index (κ1) is 14.2. The Hall–Kier alpha value is -2.21. The predicted octanol–water partition coefficient (Wildman–Crippen LogP) is 3.76. The number of nitro groups is 1. The number of nitro benzene ring substituents is 1. The van der Waals surface area contributed by atoms with Crippen molar-refractivity contribution < 1.29 is 14.4 Å². The molecule has 0 amide bonds. The molecule has 0 bridgehead atoms. The van der Waals surface area contributed by atoms with Gasteiger partial charge in [-0.1, -0.05) is 11.8 Å². The van der Waals surface area contributed by atoms with Crippen LogP contribution in [0.4, 0.5) is 5.69 Å². The maximum absolute atomic E-state index is 11.0. The van der Waals surface area contributed by atoms with Crippen molar-refractivity contribution in [3.8, 4) is 11.5 Å². The molecule has 0 saturated carbocycles. The molecule has 0 radical (unpaired) electrons. The van der Waals surface area contributed by atoms with E-state index in [1.807, 2.05) is 24.3 Å². The molecule has 0 unspecified atom stereocenters. The van der Waals surface area contributed by atoms with E-state index in [9.17, 15) is 10.1 Å². The van der Waals surface area contributed by atoms with Crippen LogP contribution < -0.4 is 9.47 Å². The van der Waals surface area contributed by atoms with Crippen molar-refractivity contribution in [2.75, 3.05) is 14.2 Å². The number of ether oxygens (including phenoxy) is 2. The van der Waals surface area contributed by atoms with Gasteiger partial charge < -0.3 is 9.47 Å². The summed E-state index contributed by atoms with van der Waals surface area (Å²) < 4.78 is 10.1. The van der Waals surface area contributed by atoms with Gasteiger partial charge in [-0.3, -0.25) is 10.1 Å². The molecule has 0 heterocycles. The summed E-state index contributed by atoms with van der Waals surface area (Å²) in [6.45, 7) is 0. The van der Waals surface area contributed by atoms with E-state index in [1.165, 1.54) is 24.9 Å². The molecule has 2 aromatic rings. The second kappa shape index (κ2) is 6.29. The number of nitrogens with zero attached hydrogens (tertiary/aromatic N) is 1. The van der Waals surface area contributed by atoms with Crippen LogP contribution in [0, 0.1) is 10.1 Å². The highest BCUT2D eigenvalue weighted by atomic mass is 32.2. The molecular weight excluding hydrogens is 278 g/mol. The lowest BCUT2D eigenvalue weighted by Gasteiger charge is -2.05. The van der Waals surface area contributed by atoms with Crippen LogP contribution in [0.15, 0.2) is 52.3 Å². The molecule has 2 rings (SSSR count). The minimum absolute atomic E-state index is 0.0361. The summed E-state index contributed by atoms with van der Waals surface area (Å²) in [6.07, 6.45) is 0. The van der Waals surface area contributed by atoms with Crippen molar-refractivity contribution in [1.82, 2.24) is 0 Å². The largest absolute Gasteiger partial charge is 0.497 e. The molecule has 6 heteroatoms. The van der Waals surface area contributed by atoms with Crippen LogP contribution >= 0.6 is 11.8 Å². The summed E-state index contributed by atoms with van der Waals surface area (Å²) in [5.74, 6) is 1.03. The normalized spacial score (nSPS) is 10.1. The SMILES string of the molecule is COc1ccc(Sc2ccc(OC)c([N+](=O)[O-])c2)cc1. The Kier molecular flexibility index (Phi) is 4.47. The number of hydrogen-bond acceptors (Lipinski definition) is 5. The van der Waals surface area contributed by atoms with E-state index < -0.39 is 4.92 Å². The lowest BCUT2D eigenvalue weighted by atomic mass is 10.3. The molecule has 104 valence electrons. The third-order valence-electron chi connectivity index (χ3n) is 2.64. The van der Waals surface area contributed by atoms with Crippen LogP contribution in [0.3, 0.4) is 0 Å². The van der Waals surface area contributed by atoms with Gasteiger partial charge in [-0.05, 0) is 36.4 Å². The van der Waals surface area contributed by atoms with Gasteiger partial charge in [0, 0.05) is 15.9 Å². The molecule has 0 fully saturated rings. The van der Waals surface area contributed by atoms with E-state index in [4.69, 9.17) is 9.47 Å². The Balaban J connectivity index is 2.24. The zero-order chi connectivity index (χ0) is 14.5. The number of rotatable bonds is 5. The molecule has 0 aliphatic rings. The van der Waals surface area contributed by atoms with E-state index in [1.54, 1.807) is 19.2 Å². The number of hydrogen-bond donors (Lipinski definition) is 0. The highest BCUT2D eigenvalue weighted by Gasteiger charge is 2.15. The van der Waals surface area contributed by atoms with Crippen molar-refractivity contribution in [3.05, 3.63) is 52.6 Å². The molecular formula is C14H13NO4S. The number of methoxy groups -OCH3 is 2. The van der Waals surface area contributed by atoms with Crippen LogP contribution in [0.25, 0.3) is 0 Å². The van der Waals surface area contributed by atoms with Gasteiger partial charge in [0.15, 0.2) is 5.75 Å². The Labute approximate surface area is 120 Å². The summed E-state index contributed by atoms with van der Waals surface area (Å²) in [4.78, 5) is 12.3. The Morgan fingerprint density at radius 3 is 2.20 bits per heavy atom. The van der Waals surface area contributed by atoms with Crippen molar-refractivity contribution in [1.29, 1.82) is 0 Å². The van der Waals surface area contributed by atoms with Gasteiger partial charge in [-0.15, -0.1) is 0 Å². The molecule has 20 heavy (non-hydrogen) atoms. The van der Waals surface area contributed by atoms with E-state index in [-0.39, 0.29) is 11.4 Å². The Bertz CT molecular complexity index is 613. The maximum Gasteiger partial charge on any atom is 0.312 e. The van der Waals surface area contributed by atoms with Crippen molar-refractivity contribution in [2.45, 2.75) is 9.79 Å². The lowest BCUT2D eigenvalue weighted by Crippen LogP contribution is -1.93. The third-order valence-corrected chi connectivity index (χ3v) is 3.64. The van der Waals surface area contributed by atoms with E-state index in [0.29, 0.717) is 0 Å². The van der Waals surface area contributed by atoms with Crippen molar-refractivity contribution in [3.63, 3.8) is 0 Å². The minimum atomic E-state index is -0.448. The second-order valence-electron chi connectivity index (χ2n) is 3.87. The monoisotopic (exact) mass is 291 g/mol. The van der Waals surface area contributed by atoms with Crippen LogP contribution in [0.2, 0.25) is 0 Å². The first-order valence-electron chi connectivity index (χ1n) is 5.78. The fourth-order valence-corrected chi connectivity index (χ4v) is 2.51. The topological polar surface area (TPSA) is 61.6 Å². The molecule has 2 aromatic carbocycles. The Morgan fingerprint density at radius 2 is 1.65 bits per heavy atom. The average Bonchev–Trinajstić information content (AvgIpc) is 2.48. The van der Waals surface area contributed by atoms with Crippen LogP contribution in [0.1, 0.15) is 0 Å².